The lowest BCUT2D eigenvalue weighted by Crippen LogP contribution is -2.07. The van der Waals surface area contributed by atoms with E-state index in [1.165, 1.54) is 11.9 Å². The normalized spacial score (nSPS) is 12.9. The van der Waals surface area contributed by atoms with Crippen molar-refractivity contribution in [2.45, 2.75) is 25.5 Å². The van der Waals surface area contributed by atoms with Crippen molar-refractivity contribution >= 4 is 11.9 Å². The Bertz CT molecular complexity index is 235. The predicted molar refractivity (Wildman–Crippen MR) is 51.7 cm³/mol. The lowest BCUT2D eigenvalue weighted by Gasteiger charge is -2.05. The highest BCUT2D eigenvalue weighted by Crippen LogP contribution is 2.06. The van der Waals surface area contributed by atoms with Crippen molar-refractivity contribution in [1.82, 2.24) is 9.97 Å². The van der Waals surface area contributed by atoms with Crippen LogP contribution in [-0.4, -0.2) is 15.2 Å². The quantitative estimate of drug-likeness (QED) is 0.718. The molecule has 0 fully saturated rings. The molecule has 12 heavy (non-hydrogen) atoms. The number of aryl methyl sites for hydroxylation is 1. The second-order valence-corrected chi connectivity index (χ2v) is 3.90. The van der Waals surface area contributed by atoms with Gasteiger partial charge in [-0.25, -0.2) is 9.97 Å². The summed E-state index contributed by atoms with van der Waals surface area (Å²) >= 11 is 1.34. The van der Waals surface area contributed by atoms with Gasteiger partial charge in [0.1, 0.15) is 5.82 Å². The van der Waals surface area contributed by atoms with E-state index in [1.807, 2.05) is 19.3 Å². The molecule has 0 saturated carbocycles. The zero-order chi connectivity index (χ0) is 8.97. The minimum absolute atomic E-state index is 0.382. The van der Waals surface area contributed by atoms with Crippen molar-refractivity contribution in [2.75, 3.05) is 0 Å². The fourth-order valence-corrected chi connectivity index (χ4v) is 1.08. The molecule has 0 bridgehead atoms. The van der Waals surface area contributed by atoms with E-state index in [-0.39, 0.29) is 0 Å². The predicted octanol–water partition coefficient (Wildman–Crippen LogP) is 1.32. The van der Waals surface area contributed by atoms with Crippen LogP contribution in [0.5, 0.6) is 0 Å². The molecule has 0 radical (unpaired) electrons. The Hall–Kier alpha value is -0.610. The van der Waals surface area contributed by atoms with Gasteiger partial charge >= 0.3 is 0 Å². The Labute approximate surface area is 76.9 Å². The smallest absolute Gasteiger partial charge is 0.129 e. The first-order valence-electron chi connectivity index (χ1n) is 3.85. The number of nitrogens with zero attached hydrogens (tertiary/aromatic N) is 2. The molecule has 0 aliphatic heterocycles. The molecule has 0 spiro atoms. The molecule has 1 aromatic heterocycles. The van der Waals surface area contributed by atoms with Crippen LogP contribution in [0.3, 0.4) is 0 Å². The fraction of sp³-hybridized carbons (Fsp3) is 0.500. The number of aromatic nitrogens is 2. The highest BCUT2D eigenvalue weighted by Gasteiger charge is 2.03. The molecule has 1 heterocycles. The molecule has 1 atom stereocenters. The largest absolute Gasteiger partial charge is 0.278 e. The summed E-state index contributed by atoms with van der Waals surface area (Å²) in [5, 5.41) is 5.79. The molecule has 66 valence electrons. The Morgan fingerprint density at radius 2 is 2.08 bits per heavy atom. The Morgan fingerprint density at radius 1 is 1.50 bits per heavy atom. The van der Waals surface area contributed by atoms with Gasteiger partial charge in [-0.2, -0.15) is 0 Å². The average molecular weight is 183 g/mol. The van der Waals surface area contributed by atoms with Gasteiger partial charge in [0.05, 0.1) is 0 Å². The van der Waals surface area contributed by atoms with Gasteiger partial charge in [-0.05, 0) is 12.5 Å². The van der Waals surface area contributed by atoms with Gasteiger partial charge in [0.2, 0.25) is 0 Å². The zero-order valence-corrected chi connectivity index (χ0v) is 8.14. The van der Waals surface area contributed by atoms with Crippen LogP contribution in [0.1, 0.15) is 18.3 Å². The van der Waals surface area contributed by atoms with Crippen molar-refractivity contribution in [3.05, 3.63) is 23.8 Å². The van der Waals surface area contributed by atoms with Crippen LogP contribution in [0.4, 0.5) is 0 Å². The summed E-state index contributed by atoms with van der Waals surface area (Å²) in [5.41, 5.74) is 1.09. The van der Waals surface area contributed by atoms with Gasteiger partial charge in [0, 0.05) is 24.1 Å². The highest BCUT2D eigenvalue weighted by atomic mass is 32.2. The first-order chi connectivity index (χ1) is 5.72. The third-order valence-corrected chi connectivity index (χ3v) is 2.17. The van der Waals surface area contributed by atoms with Gasteiger partial charge in [-0.3, -0.25) is 5.14 Å². The molecule has 0 aliphatic carbocycles. The van der Waals surface area contributed by atoms with Crippen molar-refractivity contribution in [2.24, 2.45) is 5.14 Å². The lowest BCUT2D eigenvalue weighted by atomic mass is 10.3. The fourth-order valence-electron chi connectivity index (χ4n) is 0.830. The van der Waals surface area contributed by atoms with Gasteiger partial charge in [0.25, 0.3) is 0 Å². The van der Waals surface area contributed by atoms with E-state index in [0.29, 0.717) is 5.25 Å². The van der Waals surface area contributed by atoms with E-state index >= 15 is 0 Å². The minimum Gasteiger partial charge on any atom is -0.278 e. The van der Waals surface area contributed by atoms with Crippen LogP contribution in [0, 0.1) is 6.92 Å². The second kappa shape index (κ2) is 4.42. The summed E-state index contributed by atoms with van der Waals surface area (Å²) in [4.78, 5) is 8.37. The molecule has 2 N–H and O–H groups in total. The molecule has 1 unspecified atom stereocenters. The van der Waals surface area contributed by atoms with Gasteiger partial charge in [-0.15, -0.1) is 0 Å². The summed E-state index contributed by atoms with van der Waals surface area (Å²) in [6.45, 7) is 4.04. The topological polar surface area (TPSA) is 51.8 Å². The van der Waals surface area contributed by atoms with E-state index in [2.05, 4.69) is 16.9 Å². The van der Waals surface area contributed by atoms with E-state index in [9.17, 15) is 0 Å². The van der Waals surface area contributed by atoms with Gasteiger partial charge in [-0.1, -0.05) is 18.9 Å². The van der Waals surface area contributed by atoms with Gasteiger partial charge < -0.3 is 0 Å². The Kier molecular flexibility index (Phi) is 3.49. The summed E-state index contributed by atoms with van der Waals surface area (Å²) in [7, 11) is 0. The molecule has 1 rings (SSSR count). The van der Waals surface area contributed by atoms with Crippen molar-refractivity contribution < 1.29 is 0 Å². The molecule has 1 aromatic rings. The molecule has 0 aliphatic rings. The van der Waals surface area contributed by atoms with Crippen molar-refractivity contribution in [3.8, 4) is 0 Å². The average Bonchev–Trinajstić information content (AvgIpc) is 2.09. The first kappa shape index (κ1) is 9.48. The molecule has 0 saturated heterocycles. The number of hydrogen-bond acceptors (Lipinski definition) is 4. The summed E-state index contributed by atoms with van der Waals surface area (Å²) < 4.78 is 0. The maximum absolute atomic E-state index is 5.41. The number of hydrogen-bond donors (Lipinski definition) is 1. The molecular weight excluding hydrogens is 170 g/mol. The molecular formula is C8H13N3S. The zero-order valence-electron chi connectivity index (χ0n) is 7.32. The minimum atomic E-state index is 0.382. The molecule has 4 heteroatoms. The van der Waals surface area contributed by atoms with Crippen LogP contribution >= 0.6 is 11.9 Å². The molecule has 3 nitrogen and oxygen atoms in total. The van der Waals surface area contributed by atoms with Gasteiger partial charge in [0.15, 0.2) is 0 Å². The lowest BCUT2D eigenvalue weighted by molar-refractivity contribution is 0.845. The highest BCUT2D eigenvalue weighted by molar-refractivity contribution is 7.97. The van der Waals surface area contributed by atoms with Crippen molar-refractivity contribution in [3.63, 3.8) is 0 Å². The number of nitrogens with two attached hydrogens (primary N) is 1. The first-order valence-corrected chi connectivity index (χ1v) is 4.79. The molecule has 0 aromatic carbocycles. The monoisotopic (exact) mass is 183 g/mol. The summed E-state index contributed by atoms with van der Waals surface area (Å²) in [6.07, 6.45) is 4.49. The van der Waals surface area contributed by atoms with E-state index in [4.69, 9.17) is 5.14 Å². The second-order valence-electron chi connectivity index (χ2n) is 2.83. The standard InChI is InChI=1S/C8H13N3S/c1-6-4-10-8(11-5-6)3-7(2)12-9/h4-5,7H,3,9H2,1-2H3. The maximum atomic E-state index is 5.41. The van der Waals surface area contributed by atoms with Crippen LogP contribution in [0.25, 0.3) is 0 Å². The van der Waals surface area contributed by atoms with E-state index < -0.39 is 0 Å². The maximum Gasteiger partial charge on any atom is 0.129 e. The Balaban J connectivity index is 2.58. The van der Waals surface area contributed by atoms with E-state index in [1.54, 1.807) is 0 Å². The summed E-state index contributed by atoms with van der Waals surface area (Å²) in [5.74, 6) is 0.867. The van der Waals surface area contributed by atoms with Crippen LogP contribution in [0.2, 0.25) is 0 Å². The van der Waals surface area contributed by atoms with E-state index in [0.717, 1.165) is 17.8 Å². The number of rotatable bonds is 3. The van der Waals surface area contributed by atoms with Crippen LogP contribution in [0.15, 0.2) is 12.4 Å². The SMILES string of the molecule is Cc1cnc(CC(C)SN)nc1. The molecule has 0 amide bonds. The summed E-state index contributed by atoms with van der Waals surface area (Å²) in [6, 6.07) is 0. The van der Waals surface area contributed by atoms with Crippen molar-refractivity contribution in [1.29, 1.82) is 0 Å². The third kappa shape index (κ3) is 2.79. The van der Waals surface area contributed by atoms with Crippen LogP contribution < -0.4 is 5.14 Å². The van der Waals surface area contributed by atoms with Crippen LogP contribution in [-0.2, 0) is 6.42 Å². The Morgan fingerprint density at radius 3 is 2.58 bits per heavy atom. The third-order valence-electron chi connectivity index (χ3n) is 1.54.